The summed E-state index contributed by atoms with van der Waals surface area (Å²) in [6, 6.07) is 0. The summed E-state index contributed by atoms with van der Waals surface area (Å²) in [5, 5.41) is 12.6. The fraction of sp³-hybridized carbons (Fsp3) is 0.545. The molecule has 0 saturated heterocycles. The number of hydrogen-bond acceptors (Lipinski definition) is 4. The highest BCUT2D eigenvalue weighted by molar-refractivity contribution is 7.89. The van der Waals surface area contributed by atoms with Gasteiger partial charge in [-0.2, -0.15) is 5.10 Å². The van der Waals surface area contributed by atoms with Crippen LogP contribution in [0.4, 0.5) is 0 Å². The van der Waals surface area contributed by atoms with Crippen LogP contribution in [0.5, 0.6) is 0 Å². The van der Waals surface area contributed by atoms with Crippen molar-refractivity contribution in [2.24, 2.45) is 0 Å². The van der Waals surface area contributed by atoms with Gasteiger partial charge in [-0.15, -0.1) is 6.58 Å². The number of rotatable bonds is 8. The van der Waals surface area contributed by atoms with Crippen LogP contribution < -0.4 is 0 Å². The quantitative estimate of drug-likeness (QED) is 0.551. The van der Waals surface area contributed by atoms with Gasteiger partial charge < -0.3 is 5.11 Å². The number of aliphatic hydroxyl groups is 1. The maximum atomic E-state index is 12.1. The summed E-state index contributed by atoms with van der Waals surface area (Å²) in [6.45, 7) is 4.26. The van der Waals surface area contributed by atoms with Crippen molar-refractivity contribution in [2.45, 2.75) is 24.3 Å². The van der Waals surface area contributed by atoms with E-state index >= 15 is 0 Å². The zero-order valence-electron chi connectivity index (χ0n) is 10.5. The topological polar surface area (TPSA) is 75.4 Å². The molecule has 0 aliphatic carbocycles. The lowest BCUT2D eigenvalue weighted by Gasteiger charge is -2.15. The lowest BCUT2D eigenvalue weighted by atomic mass is 10.3. The Morgan fingerprint density at radius 3 is 2.94 bits per heavy atom. The second kappa shape index (κ2) is 6.67. The average Bonchev–Trinajstić information content (AvgIpc) is 2.79. The fourth-order valence-corrected chi connectivity index (χ4v) is 2.63. The van der Waals surface area contributed by atoms with Gasteiger partial charge in [-0.1, -0.05) is 6.08 Å². The van der Waals surface area contributed by atoms with Gasteiger partial charge in [0.05, 0.1) is 19.3 Å². The Hall–Kier alpha value is -1.18. The molecule has 1 aromatic heterocycles. The molecule has 0 amide bonds. The van der Waals surface area contributed by atoms with Crippen molar-refractivity contribution in [3.05, 3.63) is 25.0 Å². The third-order valence-electron chi connectivity index (χ3n) is 2.53. The molecule has 18 heavy (non-hydrogen) atoms. The van der Waals surface area contributed by atoms with Crippen molar-refractivity contribution < 1.29 is 13.5 Å². The summed E-state index contributed by atoms with van der Waals surface area (Å²) < 4.78 is 27.0. The predicted octanol–water partition coefficient (Wildman–Crippen LogP) is 0.462. The molecule has 102 valence electrons. The number of aromatic nitrogens is 2. The second-order valence-electron chi connectivity index (χ2n) is 3.92. The van der Waals surface area contributed by atoms with Crippen LogP contribution in [0.3, 0.4) is 0 Å². The zero-order chi connectivity index (χ0) is 13.6. The highest BCUT2D eigenvalue weighted by Gasteiger charge is 2.21. The van der Waals surface area contributed by atoms with Crippen LogP contribution in [-0.4, -0.2) is 47.8 Å². The number of unbranched alkanes of at least 4 members (excludes halogenated alkanes) is 1. The molecular weight excluding hydrogens is 254 g/mol. The lowest BCUT2D eigenvalue weighted by Crippen LogP contribution is -2.27. The van der Waals surface area contributed by atoms with E-state index in [-0.39, 0.29) is 18.0 Å². The van der Waals surface area contributed by atoms with E-state index in [2.05, 4.69) is 11.7 Å². The second-order valence-corrected chi connectivity index (χ2v) is 5.97. The molecular formula is C11H19N3O3S. The molecule has 7 heteroatoms. The van der Waals surface area contributed by atoms with Crippen LogP contribution in [0, 0.1) is 0 Å². The molecule has 1 heterocycles. The van der Waals surface area contributed by atoms with E-state index in [1.165, 1.54) is 21.4 Å². The van der Waals surface area contributed by atoms with Gasteiger partial charge in [-0.05, 0) is 12.8 Å². The first-order valence-electron chi connectivity index (χ1n) is 5.73. The molecule has 6 nitrogen and oxygen atoms in total. The minimum Gasteiger partial charge on any atom is -0.394 e. The molecule has 0 aliphatic rings. The van der Waals surface area contributed by atoms with E-state index in [0.29, 0.717) is 6.54 Å². The SMILES string of the molecule is C=CCCCN(C)S(=O)(=O)c1cnn(CCO)c1. The molecule has 0 bridgehead atoms. The Labute approximate surface area is 108 Å². The van der Waals surface area contributed by atoms with Crippen LogP contribution in [0.25, 0.3) is 0 Å². The molecule has 0 aliphatic heterocycles. The van der Waals surface area contributed by atoms with E-state index in [0.717, 1.165) is 12.8 Å². The summed E-state index contributed by atoms with van der Waals surface area (Å²) in [6.07, 6.45) is 6.01. The molecule has 0 spiro atoms. The normalized spacial score (nSPS) is 11.9. The van der Waals surface area contributed by atoms with Gasteiger partial charge in [0.15, 0.2) is 0 Å². The molecule has 0 unspecified atom stereocenters. The van der Waals surface area contributed by atoms with Crippen LogP contribution in [0.2, 0.25) is 0 Å². The van der Waals surface area contributed by atoms with Gasteiger partial charge >= 0.3 is 0 Å². The molecule has 1 N–H and O–H groups in total. The molecule has 0 atom stereocenters. The number of nitrogens with zero attached hydrogens (tertiary/aromatic N) is 3. The Kier molecular flexibility index (Phi) is 5.52. The summed E-state index contributed by atoms with van der Waals surface area (Å²) in [7, 11) is -1.94. The van der Waals surface area contributed by atoms with Crippen molar-refractivity contribution >= 4 is 10.0 Å². The Bertz CT molecular complexity index is 481. The fourth-order valence-electron chi connectivity index (χ4n) is 1.46. The van der Waals surface area contributed by atoms with E-state index in [9.17, 15) is 8.42 Å². The van der Waals surface area contributed by atoms with Crippen molar-refractivity contribution in [1.29, 1.82) is 0 Å². The minimum atomic E-state index is -3.48. The van der Waals surface area contributed by atoms with Crippen LogP contribution >= 0.6 is 0 Å². The van der Waals surface area contributed by atoms with Crippen LogP contribution in [0.1, 0.15) is 12.8 Å². The van der Waals surface area contributed by atoms with Crippen molar-refractivity contribution in [3.63, 3.8) is 0 Å². The largest absolute Gasteiger partial charge is 0.394 e. The van der Waals surface area contributed by atoms with Gasteiger partial charge in [-0.3, -0.25) is 4.68 Å². The van der Waals surface area contributed by atoms with Crippen molar-refractivity contribution in [1.82, 2.24) is 14.1 Å². The number of allylic oxidation sites excluding steroid dienone is 1. The highest BCUT2D eigenvalue weighted by atomic mass is 32.2. The monoisotopic (exact) mass is 273 g/mol. The van der Waals surface area contributed by atoms with Gasteiger partial charge in [0.25, 0.3) is 0 Å². The first-order valence-corrected chi connectivity index (χ1v) is 7.17. The van der Waals surface area contributed by atoms with Gasteiger partial charge in [-0.25, -0.2) is 12.7 Å². The van der Waals surface area contributed by atoms with Crippen molar-refractivity contribution in [2.75, 3.05) is 20.2 Å². The molecule has 0 aromatic carbocycles. The smallest absolute Gasteiger partial charge is 0.245 e. The first kappa shape index (κ1) is 14.9. The van der Waals surface area contributed by atoms with Crippen molar-refractivity contribution in [3.8, 4) is 0 Å². The zero-order valence-corrected chi connectivity index (χ0v) is 11.3. The van der Waals surface area contributed by atoms with Crippen LogP contribution in [0.15, 0.2) is 29.9 Å². The van der Waals surface area contributed by atoms with E-state index in [1.807, 2.05) is 0 Å². The first-order chi connectivity index (χ1) is 8.52. The summed E-state index contributed by atoms with van der Waals surface area (Å²) >= 11 is 0. The van der Waals surface area contributed by atoms with Gasteiger partial charge in [0.2, 0.25) is 10.0 Å². The summed E-state index contributed by atoms with van der Waals surface area (Å²) in [4.78, 5) is 0.150. The highest BCUT2D eigenvalue weighted by Crippen LogP contribution is 2.13. The predicted molar refractivity (Wildman–Crippen MR) is 68.6 cm³/mol. The Balaban J connectivity index is 2.74. The lowest BCUT2D eigenvalue weighted by molar-refractivity contribution is 0.269. The summed E-state index contributed by atoms with van der Waals surface area (Å²) in [5.74, 6) is 0. The Morgan fingerprint density at radius 1 is 1.61 bits per heavy atom. The average molecular weight is 273 g/mol. The van der Waals surface area contributed by atoms with E-state index in [4.69, 9.17) is 5.11 Å². The van der Waals surface area contributed by atoms with Crippen LogP contribution in [-0.2, 0) is 16.6 Å². The molecule has 0 fully saturated rings. The maximum absolute atomic E-state index is 12.1. The number of aliphatic hydroxyl groups excluding tert-OH is 1. The van der Waals surface area contributed by atoms with Gasteiger partial charge in [0, 0.05) is 19.8 Å². The molecule has 1 aromatic rings. The molecule has 1 rings (SSSR count). The summed E-state index contributed by atoms with van der Waals surface area (Å²) in [5.41, 5.74) is 0. The van der Waals surface area contributed by atoms with Gasteiger partial charge in [0.1, 0.15) is 4.90 Å². The Morgan fingerprint density at radius 2 is 2.33 bits per heavy atom. The standard InChI is InChI=1S/C11H19N3O3S/c1-3-4-5-6-13(2)18(16,17)11-9-12-14(10-11)7-8-15/h3,9-10,15H,1,4-8H2,2H3. The number of hydrogen-bond donors (Lipinski definition) is 1. The minimum absolute atomic E-state index is 0.0731. The molecule has 0 saturated carbocycles. The number of sulfonamides is 1. The third kappa shape index (κ3) is 3.66. The molecule has 0 radical (unpaired) electrons. The van der Waals surface area contributed by atoms with E-state index < -0.39 is 10.0 Å². The third-order valence-corrected chi connectivity index (χ3v) is 4.34. The van der Waals surface area contributed by atoms with E-state index in [1.54, 1.807) is 13.1 Å². The maximum Gasteiger partial charge on any atom is 0.245 e.